The SMILES string of the molecule is OC1Cc2c(Cl)cc(Cl)cc2C1N1CCCC1. The molecule has 2 aliphatic rings. The third-order valence-corrected chi connectivity index (χ3v) is 4.38. The van der Waals surface area contributed by atoms with Gasteiger partial charge in [0.15, 0.2) is 0 Å². The number of benzene rings is 1. The summed E-state index contributed by atoms with van der Waals surface area (Å²) in [4.78, 5) is 2.35. The molecule has 4 heteroatoms. The number of halogens is 2. The van der Waals surface area contributed by atoms with Crippen LogP contribution in [-0.2, 0) is 6.42 Å². The molecule has 0 radical (unpaired) electrons. The molecule has 0 saturated carbocycles. The van der Waals surface area contributed by atoms with Gasteiger partial charge in [-0.25, -0.2) is 0 Å². The molecule has 92 valence electrons. The van der Waals surface area contributed by atoms with Gasteiger partial charge < -0.3 is 5.11 Å². The van der Waals surface area contributed by atoms with Gasteiger partial charge in [0.2, 0.25) is 0 Å². The Kier molecular flexibility index (Phi) is 3.07. The maximum absolute atomic E-state index is 10.2. The molecule has 1 aromatic carbocycles. The van der Waals surface area contributed by atoms with Crippen LogP contribution in [0.1, 0.15) is 30.0 Å². The number of fused-ring (bicyclic) bond motifs is 1. The van der Waals surface area contributed by atoms with Gasteiger partial charge in [-0.05, 0) is 49.2 Å². The Morgan fingerprint density at radius 2 is 1.88 bits per heavy atom. The molecule has 1 saturated heterocycles. The van der Waals surface area contributed by atoms with Crippen LogP contribution in [0.5, 0.6) is 0 Å². The topological polar surface area (TPSA) is 23.5 Å². The summed E-state index contributed by atoms with van der Waals surface area (Å²) in [6.07, 6.45) is 2.73. The van der Waals surface area contributed by atoms with Crippen LogP contribution in [0, 0.1) is 0 Å². The highest BCUT2D eigenvalue weighted by molar-refractivity contribution is 6.35. The van der Waals surface area contributed by atoms with Gasteiger partial charge >= 0.3 is 0 Å². The van der Waals surface area contributed by atoms with E-state index in [0.717, 1.165) is 24.2 Å². The maximum atomic E-state index is 10.2. The summed E-state index contributed by atoms with van der Waals surface area (Å²) in [5.74, 6) is 0. The van der Waals surface area contributed by atoms with E-state index in [9.17, 15) is 5.11 Å². The van der Waals surface area contributed by atoms with Crippen molar-refractivity contribution in [3.05, 3.63) is 33.3 Å². The van der Waals surface area contributed by atoms with Crippen molar-refractivity contribution in [2.75, 3.05) is 13.1 Å². The third-order valence-electron chi connectivity index (χ3n) is 3.83. The van der Waals surface area contributed by atoms with Gasteiger partial charge in [-0.3, -0.25) is 4.90 Å². The minimum atomic E-state index is -0.348. The zero-order valence-corrected chi connectivity index (χ0v) is 11.0. The molecule has 17 heavy (non-hydrogen) atoms. The van der Waals surface area contributed by atoms with Crippen LogP contribution in [0.15, 0.2) is 12.1 Å². The average Bonchev–Trinajstić information content (AvgIpc) is 2.84. The van der Waals surface area contributed by atoms with E-state index in [1.54, 1.807) is 6.07 Å². The van der Waals surface area contributed by atoms with Gasteiger partial charge in [0, 0.05) is 16.5 Å². The Hall–Kier alpha value is -0.280. The quantitative estimate of drug-likeness (QED) is 0.849. The first-order valence-corrected chi connectivity index (χ1v) is 6.82. The van der Waals surface area contributed by atoms with E-state index in [-0.39, 0.29) is 12.1 Å². The minimum absolute atomic E-state index is 0.0868. The van der Waals surface area contributed by atoms with Gasteiger partial charge in [0.25, 0.3) is 0 Å². The Bertz CT molecular complexity index is 443. The Labute approximate surface area is 111 Å². The number of aliphatic hydroxyl groups excluding tert-OH is 1. The predicted molar refractivity (Wildman–Crippen MR) is 69.7 cm³/mol. The molecule has 1 N–H and O–H groups in total. The van der Waals surface area contributed by atoms with Gasteiger partial charge in [-0.1, -0.05) is 23.2 Å². The van der Waals surface area contributed by atoms with E-state index >= 15 is 0 Å². The highest BCUT2D eigenvalue weighted by Crippen LogP contribution is 2.42. The molecule has 1 aliphatic heterocycles. The molecule has 2 atom stereocenters. The number of hydrogen-bond donors (Lipinski definition) is 1. The highest BCUT2D eigenvalue weighted by atomic mass is 35.5. The first kappa shape index (κ1) is 11.8. The smallest absolute Gasteiger partial charge is 0.0778 e. The fraction of sp³-hybridized carbons (Fsp3) is 0.538. The number of hydrogen-bond acceptors (Lipinski definition) is 2. The second kappa shape index (κ2) is 4.43. The lowest BCUT2D eigenvalue weighted by Gasteiger charge is -2.27. The monoisotopic (exact) mass is 271 g/mol. The largest absolute Gasteiger partial charge is 0.391 e. The Morgan fingerprint density at radius 3 is 2.59 bits per heavy atom. The van der Waals surface area contributed by atoms with Crippen molar-refractivity contribution < 1.29 is 5.11 Å². The van der Waals surface area contributed by atoms with Gasteiger partial charge in [-0.2, -0.15) is 0 Å². The summed E-state index contributed by atoms with van der Waals surface area (Å²) >= 11 is 12.3. The molecule has 0 bridgehead atoms. The van der Waals surface area contributed by atoms with Crippen LogP contribution < -0.4 is 0 Å². The lowest BCUT2D eigenvalue weighted by molar-refractivity contribution is 0.0753. The summed E-state index contributed by atoms with van der Waals surface area (Å²) in [6, 6.07) is 3.81. The summed E-state index contributed by atoms with van der Waals surface area (Å²) < 4.78 is 0. The first-order valence-electron chi connectivity index (χ1n) is 6.07. The zero-order valence-electron chi connectivity index (χ0n) is 9.50. The maximum Gasteiger partial charge on any atom is 0.0778 e. The zero-order chi connectivity index (χ0) is 12.0. The molecule has 0 aromatic heterocycles. The summed E-state index contributed by atoms with van der Waals surface area (Å²) in [6.45, 7) is 2.12. The summed E-state index contributed by atoms with van der Waals surface area (Å²) in [5, 5.41) is 11.6. The van der Waals surface area contributed by atoms with E-state index in [2.05, 4.69) is 4.90 Å². The fourth-order valence-corrected chi connectivity index (χ4v) is 3.68. The Balaban J connectivity index is 2.02. The molecule has 1 aliphatic carbocycles. The van der Waals surface area contributed by atoms with Crippen molar-refractivity contribution in [1.82, 2.24) is 4.90 Å². The van der Waals surface area contributed by atoms with Gasteiger partial charge in [-0.15, -0.1) is 0 Å². The predicted octanol–water partition coefficient (Wildman–Crippen LogP) is 3.05. The molecule has 1 aromatic rings. The summed E-state index contributed by atoms with van der Waals surface area (Å²) in [5.41, 5.74) is 2.19. The molecule has 1 fully saturated rings. The van der Waals surface area contributed by atoms with Crippen LogP contribution >= 0.6 is 23.2 Å². The second-order valence-corrected chi connectivity index (χ2v) is 5.76. The van der Waals surface area contributed by atoms with Gasteiger partial charge in [0.1, 0.15) is 0 Å². The van der Waals surface area contributed by atoms with Crippen LogP contribution in [-0.4, -0.2) is 29.2 Å². The van der Waals surface area contributed by atoms with E-state index in [1.165, 1.54) is 12.8 Å². The molecular weight excluding hydrogens is 257 g/mol. The number of aliphatic hydroxyl groups is 1. The van der Waals surface area contributed by atoms with Crippen LogP contribution in [0.3, 0.4) is 0 Å². The average molecular weight is 272 g/mol. The summed E-state index contributed by atoms with van der Waals surface area (Å²) in [7, 11) is 0. The lowest BCUT2D eigenvalue weighted by atomic mass is 10.1. The van der Waals surface area contributed by atoms with Crippen LogP contribution in [0.25, 0.3) is 0 Å². The molecule has 2 unspecified atom stereocenters. The van der Waals surface area contributed by atoms with Gasteiger partial charge in [0.05, 0.1) is 12.1 Å². The van der Waals surface area contributed by atoms with Crippen molar-refractivity contribution >= 4 is 23.2 Å². The van der Waals surface area contributed by atoms with Crippen molar-refractivity contribution in [3.8, 4) is 0 Å². The second-order valence-electron chi connectivity index (χ2n) is 4.91. The molecule has 2 nitrogen and oxygen atoms in total. The molecular formula is C13H15Cl2NO. The minimum Gasteiger partial charge on any atom is -0.391 e. The highest BCUT2D eigenvalue weighted by Gasteiger charge is 2.37. The van der Waals surface area contributed by atoms with Crippen molar-refractivity contribution in [3.63, 3.8) is 0 Å². The van der Waals surface area contributed by atoms with Crippen molar-refractivity contribution in [2.24, 2.45) is 0 Å². The molecule has 3 rings (SSSR count). The Morgan fingerprint density at radius 1 is 1.18 bits per heavy atom. The first-order chi connectivity index (χ1) is 8.16. The number of rotatable bonds is 1. The van der Waals surface area contributed by atoms with Crippen molar-refractivity contribution in [1.29, 1.82) is 0 Å². The lowest BCUT2D eigenvalue weighted by Crippen LogP contribution is -2.31. The normalized spacial score (nSPS) is 28.6. The third kappa shape index (κ3) is 1.97. The van der Waals surface area contributed by atoms with E-state index in [4.69, 9.17) is 23.2 Å². The number of likely N-dealkylation sites (tertiary alicyclic amines) is 1. The van der Waals surface area contributed by atoms with Crippen molar-refractivity contribution in [2.45, 2.75) is 31.4 Å². The number of nitrogens with zero attached hydrogens (tertiary/aromatic N) is 1. The standard InChI is InChI=1S/C13H15Cl2NO/c14-8-5-10-9(11(15)6-8)7-12(17)13(10)16-3-1-2-4-16/h5-6,12-13,17H,1-4,7H2. The molecule has 1 heterocycles. The van der Waals surface area contributed by atoms with Crippen LogP contribution in [0.2, 0.25) is 10.0 Å². The van der Waals surface area contributed by atoms with Crippen LogP contribution in [0.4, 0.5) is 0 Å². The molecule has 0 spiro atoms. The fourth-order valence-electron chi connectivity index (χ4n) is 3.09. The molecule has 0 amide bonds. The van der Waals surface area contributed by atoms with E-state index in [0.29, 0.717) is 16.5 Å². The van der Waals surface area contributed by atoms with E-state index in [1.807, 2.05) is 6.07 Å². The van der Waals surface area contributed by atoms with E-state index < -0.39 is 0 Å².